The maximum Gasteiger partial charge on any atom is 0.317 e. The number of benzene rings is 1. The van der Waals surface area contributed by atoms with Crippen LogP contribution in [0.25, 0.3) is 0 Å². The Hall–Kier alpha value is -1.24. The molecule has 1 aromatic carbocycles. The summed E-state index contributed by atoms with van der Waals surface area (Å²) in [4.78, 5) is 17.9. The molecule has 0 unspecified atom stereocenters. The van der Waals surface area contributed by atoms with Gasteiger partial charge in [0.2, 0.25) is 0 Å². The number of nitrogens with zero attached hydrogens (tertiary/aromatic N) is 3. The van der Waals surface area contributed by atoms with Gasteiger partial charge in [0.1, 0.15) is 5.82 Å². The summed E-state index contributed by atoms with van der Waals surface area (Å²) in [5.74, 6) is -0.226. The molecule has 1 heterocycles. The number of carbonyl (C=O) groups is 1. The van der Waals surface area contributed by atoms with Gasteiger partial charge in [-0.1, -0.05) is 6.07 Å². The maximum absolute atomic E-state index is 13.2. The van der Waals surface area contributed by atoms with Gasteiger partial charge in [-0.2, -0.15) is 0 Å². The van der Waals surface area contributed by atoms with E-state index in [-0.39, 0.29) is 36.7 Å². The number of halogens is 3. The third-order valence-corrected chi connectivity index (χ3v) is 3.58. The van der Waals surface area contributed by atoms with Gasteiger partial charge in [-0.3, -0.25) is 0 Å². The van der Waals surface area contributed by atoms with Gasteiger partial charge in [-0.15, -0.1) is 24.8 Å². The largest absolute Gasteiger partial charge is 0.368 e. The Kier molecular flexibility index (Phi) is 9.95. The monoisotopic (exact) mass is 366 g/mol. The number of hydrogen-bond donors (Lipinski definition) is 1. The van der Waals surface area contributed by atoms with Gasteiger partial charge in [-0.25, -0.2) is 9.18 Å². The lowest BCUT2D eigenvalue weighted by atomic mass is 10.2. The Morgan fingerprint density at radius 1 is 1.22 bits per heavy atom. The van der Waals surface area contributed by atoms with Crippen LogP contribution in [-0.4, -0.2) is 69.2 Å². The average Bonchev–Trinajstić information content (AvgIpc) is 2.47. The summed E-state index contributed by atoms with van der Waals surface area (Å²) in [6.45, 7) is 4.24. The average molecular weight is 367 g/mol. The molecule has 1 N–H and O–H groups in total. The Balaban J connectivity index is 0.00000242. The molecule has 0 bridgehead atoms. The molecule has 1 saturated heterocycles. The van der Waals surface area contributed by atoms with E-state index in [4.69, 9.17) is 0 Å². The molecule has 1 aliphatic rings. The van der Waals surface area contributed by atoms with Crippen molar-refractivity contribution in [2.75, 3.05) is 58.3 Å². The van der Waals surface area contributed by atoms with Crippen molar-refractivity contribution in [3.8, 4) is 0 Å². The van der Waals surface area contributed by atoms with Crippen LogP contribution in [0.3, 0.4) is 0 Å². The smallest absolute Gasteiger partial charge is 0.317 e. The zero-order valence-electron chi connectivity index (χ0n) is 13.5. The quantitative estimate of drug-likeness (QED) is 0.886. The zero-order valence-corrected chi connectivity index (χ0v) is 15.1. The van der Waals surface area contributed by atoms with Gasteiger partial charge >= 0.3 is 6.03 Å². The minimum absolute atomic E-state index is 0. The van der Waals surface area contributed by atoms with Gasteiger partial charge in [0, 0.05) is 45.0 Å². The van der Waals surface area contributed by atoms with E-state index >= 15 is 0 Å². The molecular weight excluding hydrogens is 342 g/mol. The Bertz CT molecular complexity index is 482. The predicted octanol–water partition coefficient (Wildman–Crippen LogP) is 2.06. The molecule has 2 amide bonds. The molecule has 0 aromatic heterocycles. The highest BCUT2D eigenvalue weighted by Crippen LogP contribution is 2.17. The van der Waals surface area contributed by atoms with Gasteiger partial charge in [0.25, 0.3) is 0 Å². The molecule has 1 fully saturated rings. The van der Waals surface area contributed by atoms with Gasteiger partial charge in [-0.05, 0) is 32.3 Å². The van der Waals surface area contributed by atoms with E-state index < -0.39 is 0 Å². The number of hydrogen-bond acceptors (Lipinski definition) is 3. The highest BCUT2D eigenvalue weighted by atomic mass is 35.5. The van der Waals surface area contributed by atoms with E-state index in [1.165, 1.54) is 12.1 Å². The lowest BCUT2D eigenvalue weighted by Gasteiger charge is -2.36. The first kappa shape index (κ1) is 21.8. The normalized spacial score (nSPS) is 14.1. The molecule has 5 nitrogen and oxygen atoms in total. The van der Waals surface area contributed by atoms with Crippen molar-refractivity contribution in [3.63, 3.8) is 0 Å². The summed E-state index contributed by atoms with van der Waals surface area (Å²) >= 11 is 0. The fraction of sp³-hybridized carbons (Fsp3) is 0.533. The second-order valence-corrected chi connectivity index (χ2v) is 5.49. The molecule has 0 aliphatic carbocycles. The molecular formula is C15H25Cl2FN4O. The number of urea groups is 1. The van der Waals surface area contributed by atoms with E-state index in [2.05, 4.69) is 10.2 Å². The summed E-state index contributed by atoms with van der Waals surface area (Å²) in [5, 5.41) is 2.91. The summed E-state index contributed by atoms with van der Waals surface area (Å²) in [6.07, 6.45) is 0. The minimum Gasteiger partial charge on any atom is -0.368 e. The topological polar surface area (TPSA) is 38.8 Å². The highest BCUT2D eigenvalue weighted by molar-refractivity contribution is 5.85. The van der Waals surface area contributed by atoms with E-state index in [1.54, 1.807) is 6.07 Å². The van der Waals surface area contributed by atoms with Crippen molar-refractivity contribution >= 4 is 36.5 Å². The molecule has 2 rings (SSSR count). The fourth-order valence-corrected chi connectivity index (χ4v) is 2.34. The van der Waals surface area contributed by atoms with Crippen LogP contribution >= 0.6 is 24.8 Å². The van der Waals surface area contributed by atoms with E-state index in [9.17, 15) is 9.18 Å². The summed E-state index contributed by atoms with van der Waals surface area (Å²) in [5.41, 5.74) is 0.877. The van der Waals surface area contributed by atoms with Crippen molar-refractivity contribution in [2.24, 2.45) is 0 Å². The van der Waals surface area contributed by atoms with Crippen LogP contribution in [0.5, 0.6) is 0 Å². The lowest BCUT2D eigenvalue weighted by Crippen LogP contribution is -2.52. The SMILES string of the molecule is CN(C)CCNC(=O)N1CCN(c2cccc(F)c2)CC1.Cl.Cl. The Morgan fingerprint density at radius 2 is 1.87 bits per heavy atom. The van der Waals surface area contributed by atoms with Crippen molar-refractivity contribution < 1.29 is 9.18 Å². The maximum atomic E-state index is 13.2. The molecule has 1 aromatic rings. The molecule has 23 heavy (non-hydrogen) atoms. The van der Waals surface area contributed by atoms with Crippen LogP contribution < -0.4 is 10.2 Å². The number of nitrogens with one attached hydrogen (secondary N) is 1. The van der Waals surface area contributed by atoms with Crippen LogP contribution in [-0.2, 0) is 0 Å². The van der Waals surface area contributed by atoms with Crippen molar-refractivity contribution in [1.29, 1.82) is 0 Å². The summed E-state index contributed by atoms with van der Waals surface area (Å²) < 4.78 is 13.2. The minimum atomic E-state index is -0.226. The molecule has 8 heteroatoms. The first-order valence-corrected chi connectivity index (χ1v) is 7.24. The molecule has 0 atom stereocenters. The fourth-order valence-electron chi connectivity index (χ4n) is 2.34. The van der Waals surface area contributed by atoms with E-state index in [0.29, 0.717) is 19.6 Å². The molecule has 132 valence electrons. The number of piperazine rings is 1. The number of rotatable bonds is 4. The van der Waals surface area contributed by atoms with E-state index in [0.717, 1.165) is 25.3 Å². The lowest BCUT2D eigenvalue weighted by molar-refractivity contribution is 0.193. The molecule has 0 radical (unpaired) electrons. The molecule has 1 aliphatic heterocycles. The first-order chi connectivity index (χ1) is 10.1. The third kappa shape index (κ3) is 6.81. The summed E-state index contributed by atoms with van der Waals surface area (Å²) in [7, 11) is 3.95. The zero-order chi connectivity index (χ0) is 15.2. The van der Waals surface area contributed by atoms with Crippen molar-refractivity contribution in [1.82, 2.24) is 15.1 Å². The van der Waals surface area contributed by atoms with Gasteiger partial charge in [0.05, 0.1) is 0 Å². The number of likely N-dealkylation sites (N-methyl/N-ethyl adjacent to an activating group) is 1. The van der Waals surface area contributed by atoms with Gasteiger partial charge < -0.3 is 20.0 Å². The molecule has 0 saturated carbocycles. The number of carbonyl (C=O) groups excluding carboxylic acids is 1. The Labute approximate surface area is 149 Å². The van der Waals surface area contributed by atoms with Crippen LogP contribution in [0.4, 0.5) is 14.9 Å². The van der Waals surface area contributed by atoms with Gasteiger partial charge in [0.15, 0.2) is 0 Å². The Morgan fingerprint density at radius 3 is 2.43 bits per heavy atom. The third-order valence-electron chi connectivity index (χ3n) is 3.58. The van der Waals surface area contributed by atoms with Crippen molar-refractivity contribution in [3.05, 3.63) is 30.1 Å². The first-order valence-electron chi connectivity index (χ1n) is 7.24. The standard InChI is InChI=1S/C15H23FN4O.2ClH/c1-18(2)7-6-17-15(21)20-10-8-19(9-11-20)14-5-3-4-13(16)12-14;;/h3-5,12H,6-11H2,1-2H3,(H,17,21);2*1H. The predicted molar refractivity (Wildman–Crippen MR) is 96.6 cm³/mol. The van der Waals surface area contributed by atoms with Crippen LogP contribution in [0.15, 0.2) is 24.3 Å². The van der Waals surface area contributed by atoms with Crippen molar-refractivity contribution in [2.45, 2.75) is 0 Å². The summed E-state index contributed by atoms with van der Waals surface area (Å²) in [6, 6.07) is 6.57. The second kappa shape index (κ2) is 10.5. The number of amides is 2. The van der Waals surface area contributed by atoms with Crippen LogP contribution in [0.1, 0.15) is 0 Å². The van der Waals surface area contributed by atoms with Crippen LogP contribution in [0.2, 0.25) is 0 Å². The second-order valence-electron chi connectivity index (χ2n) is 5.49. The highest BCUT2D eigenvalue weighted by Gasteiger charge is 2.21. The van der Waals surface area contributed by atoms with E-state index in [1.807, 2.05) is 30.0 Å². The van der Waals surface area contributed by atoms with Crippen LogP contribution in [0, 0.1) is 5.82 Å². The number of anilines is 1. The molecule has 0 spiro atoms.